The molecule has 0 fully saturated rings. The summed E-state index contributed by atoms with van der Waals surface area (Å²) in [6.45, 7) is 3.58. The summed E-state index contributed by atoms with van der Waals surface area (Å²) < 4.78 is 57.3. The number of fused-ring (bicyclic) bond motifs is 1. The molecule has 3 aromatic rings. The number of amides is 1. The zero-order valence-corrected chi connectivity index (χ0v) is 17.0. The van der Waals surface area contributed by atoms with Crippen molar-refractivity contribution in [3.05, 3.63) is 70.3 Å². The van der Waals surface area contributed by atoms with Gasteiger partial charge in [0, 0.05) is 17.7 Å². The smallest absolute Gasteiger partial charge is 0.406 e. The van der Waals surface area contributed by atoms with Crippen LogP contribution in [0.25, 0.3) is 5.69 Å². The fourth-order valence-electron chi connectivity index (χ4n) is 3.90. The first-order valence-electron chi connectivity index (χ1n) is 9.61. The van der Waals surface area contributed by atoms with Crippen LogP contribution >= 0.6 is 0 Å². The summed E-state index contributed by atoms with van der Waals surface area (Å²) in [7, 11) is 0. The van der Waals surface area contributed by atoms with Gasteiger partial charge >= 0.3 is 6.36 Å². The Morgan fingerprint density at radius 3 is 2.53 bits per heavy atom. The van der Waals surface area contributed by atoms with Gasteiger partial charge in [0.05, 0.1) is 17.1 Å². The quantitative estimate of drug-likeness (QED) is 0.435. The lowest BCUT2D eigenvalue weighted by atomic mass is 9.98. The number of rotatable bonds is 4. The Morgan fingerprint density at radius 2 is 1.88 bits per heavy atom. The molecule has 0 aliphatic carbocycles. The zero-order chi connectivity index (χ0) is 23.2. The Balaban J connectivity index is 1.69. The average molecular weight is 447 g/mol. The van der Waals surface area contributed by atoms with E-state index in [-0.39, 0.29) is 29.1 Å². The topological polar surface area (TPSA) is 64.4 Å². The number of anilines is 1. The molecular formula is C22H17F4N3O3. The van der Waals surface area contributed by atoms with Gasteiger partial charge in [0.25, 0.3) is 5.91 Å². The van der Waals surface area contributed by atoms with E-state index in [4.69, 9.17) is 0 Å². The van der Waals surface area contributed by atoms with Crippen molar-refractivity contribution in [2.45, 2.75) is 26.6 Å². The van der Waals surface area contributed by atoms with Crippen LogP contribution in [0.2, 0.25) is 0 Å². The summed E-state index contributed by atoms with van der Waals surface area (Å²) in [4.78, 5) is 25.5. The van der Waals surface area contributed by atoms with Gasteiger partial charge in [-0.1, -0.05) is 0 Å². The summed E-state index contributed by atoms with van der Waals surface area (Å²) >= 11 is 0. The molecular weight excluding hydrogens is 430 g/mol. The van der Waals surface area contributed by atoms with Gasteiger partial charge in [-0.2, -0.15) is 5.10 Å². The predicted octanol–water partition coefficient (Wildman–Crippen LogP) is 4.54. The molecule has 0 spiro atoms. The summed E-state index contributed by atoms with van der Waals surface area (Å²) in [6.07, 6.45) is -3.97. The third kappa shape index (κ3) is 3.83. The van der Waals surface area contributed by atoms with E-state index in [1.807, 2.05) is 0 Å². The molecule has 0 bridgehead atoms. The van der Waals surface area contributed by atoms with Crippen LogP contribution in [0.1, 0.15) is 37.7 Å². The van der Waals surface area contributed by atoms with Crippen LogP contribution in [-0.2, 0) is 6.42 Å². The molecule has 166 valence electrons. The lowest BCUT2D eigenvalue weighted by Gasteiger charge is -2.29. The second kappa shape index (κ2) is 7.77. The number of carbonyl (C=O) groups excluding carboxylic acids is 2. The fourth-order valence-corrected chi connectivity index (χ4v) is 3.90. The van der Waals surface area contributed by atoms with Gasteiger partial charge in [-0.05, 0) is 62.2 Å². The van der Waals surface area contributed by atoms with Gasteiger partial charge in [-0.25, -0.2) is 9.07 Å². The second-order valence-corrected chi connectivity index (χ2v) is 7.33. The lowest BCUT2D eigenvalue weighted by molar-refractivity contribution is -0.274. The van der Waals surface area contributed by atoms with Crippen LogP contribution in [0.4, 0.5) is 23.2 Å². The van der Waals surface area contributed by atoms with E-state index in [0.29, 0.717) is 35.3 Å². The molecule has 6 nitrogen and oxygen atoms in total. The summed E-state index contributed by atoms with van der Waals surface area (Å²) in [6, 6.07) is 7.60. The first kappa shape index (κ1) is 21.5. The summed E-state index contributed by atoms with van der Waals surface area (Å²) in [5.74, 6) is -1.42. The summed E-state index contributed by atoms with van der Waals surface area (Å²) in [5.41, 5.74) is 2.51. The maximum atomic E-state index is 14.5. The fraction of sp³-hybridized carbons (Fsp3) is 0.227. The van der Waals surface area contributed by atoms with E-state index < -0.39 is 18.1 Å². The number of nitrogens with zero attached hydrogens (tertiary/aromatic N) is 3. The molecule has 2 heterocycles. The minimum Gasteiger partial charge on any atom is -0.406 e. The maximum Gasteiger partial charge on any atom is 0.573 e. The number of hydrogen-bond acceptors (Lipinski definition) is 4. The van der Waals surface area contributed by atoms with Gasteiger partial charge in [0.2, 0.25) is 0 Å². The Morgan fingerprint density at radius 1 is 1.12 bits per heavy atom. The van der Waals surface area contributed by atoms with Crippen molar-refractivity contribution in [2.24, 2.45) is 0 Å². The first-order chi connectivity index (χ1) is 15.1. The Bertz CT molecular complexity index is 1230. The molecule has 0 unspecified atom stereocenters. The molecule has 0 saturated carbocycles. The van der Waals surface area contributed by atoms with E-state index >= 15 is 0 Å². The minimum absolute atomic E-state index is 0.126. The van der Waals surface area contributed by atoms with Gasteiger partial charge < -0.3 is 9.64 Å². The Labute approximate surface area is 180 Å². The third-order valence-corrected chi connectivity index (χ3v) is 5.25. The Hall–Kier alpha value is -3.69. The highest BCUT2D eigenvalue weighted by Gasteiger charge is 2.33. The number of aryl methyl sites for hydroxylation is 1. The molecule has 1 amide bonds. The molecule has 1 aromatic heterocycles. The number of halogens is 4. The van der Waals surface area contributed by atoms with Crippen molar-refractivity contribution < 1.29 is 31.9 Å². The van der Waals surface area contributed by atoms with Gasteiger partial charge in [-0.3, -0.25) is 9.59 Å². The van der Waals surface area contributed by atoms with Crippen LogP contribution in [-0.4, -0.2) is 34.9 Å². The molecule has 32 heavy (non-hydrogen) atoms. The van der Waals surface area contributed by atoms with Crippen molar-refractivity contribution in [3.63, 3.8) is 0 Å². The standard InChI is InChI=1S/C22H17F4N3O3/c1-12-20(13(2)29(27-12)19-6-3-14(11-30)9-18(19)23)28-8-7-15-10-16(32-22(24,25)26)4-5-17(15)21(28)31/h3-6,9-11H,7-8H2,1-2H3. The van der Waals surface area contributed by atoms with Crippen molar-refractivity contribution in [1.29, 1.82) is 0 Å². The van der Waals surface area contributed by atoms with Crippen LogP contribution < -0.4 is 9.64 Å². The van der Waals surface area contributed by atoms with E-state index in [1.165, 1.54) is 33.8 Å². The average Bonchev–Trinajstić information content (AvgIpc) is 3.01. The number of alkyl halides is 3. The molecule has 2 aromatic carbocycles. The van der Waals surface area contributed by atoms with E-state index in [2.05, 4.69) is 9.84 Å². The highest BCUT2D eigenvalue weighted by Crippen LogP contribution is 2.33. The Kier molecular flexibility index (Phi) is 5.23. The molecule has 0 atom stereocenters. The maximum absolute atomic E-state index is 14.5. The molecule has 0 radical (unpaired) electrons. The SMILES string of the molecule is Cc1nn(-c2ccc(C=O)cc2F)c(C)c1N1CCc2cc(OC(F)(F)F)ccc2C1=O. The number of ether oxygens (including phenoxy) is 1. The lowest BCUT2D eigenvalue weighted by Crippen LogP contribution is -2.38. The molecule has 0 saturated heterocycles. The number of hydrogen-bond donors (Lipinski definition) is 0. The molecule has 4 rings (SSSR count). The van der Waals surface area contributed by atoms with Crippen LogP contribution in [0, 0.1) is 19.7 Å². The predicted molar refractivity (Wildman–Crippen MR) is 107 cm³/mol. The summed E-state index contributed by atoms with van der Waals surface area (Å²) in [5, 5.41) is 4.37. The normalized spacial score (nSPS) is 13.8. The van der Waals surface area contributed by atoms with Gasteiger partial charge in [-0.15, -0.1) is 13.2 Å². The zero-order valence-electron chi connectivity index (χ0n) is 17.0. The van der Waals surface area contributed by atoms with E-state index in [9.17, 15) is 27.2 Å². The van der Waals surface area contributed by atoms with Crippen LogP contribution in [0.5, 0.6) is 5.75 Å². The number of benzene rings is 2. The molecule has 1 aliphatic heterocycles. The largest absolute Gasteiger partial charge is 0.573 e. The molecule has 1 aliphatic rings. The number of aldehydes is 1. The van der Waals surface area contributed by atoms with Crippen molar-refractivity contribution in [1.82, 2.24) is 9.78 Å². The minimum atomic E-state index is -4.82. The highest BCUT2D eigenvalue weighted by atomic mass is 19.4. The van der Waals surface area contributed by atoms with Crippen LogP contribution in [0.3, 0.4) is 0 Å². The van der Waals surface area contributed by atoms with E-state index in [0.717, 1.165) is 12.1 Å². The monoisotopic (exact) mass is 447 g/mol. The van der Waals surface area contributed by atoms with Crippen LogP contribution in [0.15, 0.2) is 36.4 Å². The number of aromatic nitrogens is 2. The molecule has 10 heteroatoms. The van der Waals surface area contributed by atoms with Gasteiger partial charge in [0.1, 0.15) is 23.5 Å². The van der Waals surface area contributed by atoms with Crippen molar-refractivity contribution in [2.75, 3.05) is 11.4 Å². The highest BCUT2D eigenvalue weighted by molar-refractivity contribution is 6.08. The second-order valence-electron chi connectivity index (χ2n) is 7.33. The van der Waals surface area contributed by atoms with Crippen molar-refractivity contribution >= 4 is 17.9 Å². The van der Waals surface area contributed by atoms with Crippen molar-refractivity contribution in [3.8, 4) is 11.4 Å². The van der Waals surface area contributed by atoms with E-state index in [1.54, 1.807) is 13.8 Å². The third-order valence-electron chi connectivity index (χ3n) is 5.25. The number of carbonyl (C=O) groups is 2. The first-order valence-corrected chi connectivity index (χ1v) is 9.61. The molecule has 0 N–H and O–H groups in total. The van der Waals surface area contributed by atoms with Gasteiger partial charge in [0.15, 0.2) is 0 Å².